The topological polar surface area (TPSA) is 43.4 Å². The zero-order valence-electron chi connectivity index (χ0n) is 11.4. The van der Waals surface area contributed by atoms with Crippen molar-refractivity contribution in [2.24, 2.45) is 11.8 Å². The van der Waals surface area contributed by atoms with Crippen LogP contribution < -0.4 is 0 Å². The van der Waals surface area contributed by atoms with E-state index in [4.69, 9.17) is 4.74 Å². The Morgan fingerprint density at radius 3 is 2.35 bits per heavy atom. The number of ketones is 1. The molecule has 0 bridgehead atoms. The van der Waals surface area contributed by atoms with Crippen LogP contribution in [-0.2, 0) is 14.3 Å². The van der Waals surface area contributed by atoms with E-state index in [1.807, 2.05) is 6.08 Å². The summed E-state index contributed by atoms with van der Waals surface area (Å²) >= 11 is 0. The molecule has 0 aliphatic heterocycles. The van der Waals surface area contributed by atoms with Crippen molar-refractivity contribution in [3.8, 4) is 0 Å². The molecule has 0 spiro atoms. The van der Waals surface area contributed by atoms with Gasteiger partial charge in [-0.3, -0.25) is 9.59 Å². The van der Waals surface area contributed by atoms with Crippen LogP contribution >= 0.6 is 0 Å². The minimum atomic E-state index is -0.447. The lowest BCUT2D eigenvalue weighted by atomic mass is 9.98. The van der Waals surface area contributed by atoms with Gasteiger partial charge in [0.25, 0.3) is 0 Å². The third-order valence-corrected chi connectivity index (χ3v) is 2.43. The Labute approximate surface area is 104 Å². The molecule has 0 amide bonds. The predicted molar refractivity (Wildman–Crippen MR) is 68.6 cm³/mol. The Balaban J connectivity index is 3.89. The summed E-state index contributed by atoms with van der Waals surface area (Å²) in [5.41, 5.74) is 0. The predicted octanol–water partition coefficient (Wildman–Crippen LogP) is 3.14. The van der Waals surface area contributed by atoms with Crippen molar-refractivity contribution in [2.45, 2.75) is 47.0 Å². The SMILES string of the molecule is CCOC(=O)CC(=O)/C=C/C(C)CCC(C)C. The van der Waals surface area contributed by atoms with Crippen LogP contribution in [0.15, 0.2) is 12.2 Å². The van der Waals surface area contributed by atoms with Crippen LogP contribution in [0.1, 0.15) is 47.0 Å². The van der Waals surface area contributed by atoms with E-state index in [9.17, 15) is 9.59 Å². The molecular formula is C14H24O3. The van der Waals surface area contributed by atoms with Crippen molar-refractivity contribution in [3.63, 3.8) is 0 Å². The van der Waals surface area contributed by atoms with Crippen LogP contribution in [0.5, 0.6) is 0 Å². The number of ether oxygens (including phenoxy) is 1. The second-order valence-electron chi connectivity index (χ2n) is 4.76. The van der Waals surface area contributed by atoms with Gasteiger partial charge in [-0.2, -0.15) is 0 Å². The molecule has 17 heavy (non-hydrogen) atoms. The van der Waals surface area contributed by atoms with Gasteiger partial charge in [0.15, 0.2) is 5.78 Å². The monoisotopic (exact) mass is 240 g/mol. The highest BCUT2D eigenvalue weighted by Crippen LogP contribution is 2.12. The minimum absolute atomic E-state index is 0.152. The summed E-state index contributed by atoms with van der Waals surface area (Å²) in [5, 5.41) is 0. The molecule has 3 nitrogen and oxygen atoms in total. The molecule has 98 valence electrons. The van der Waals surface area contributed by atoms with E-state index in [1.54, 1.807) is 6.92 Å². The molecule has 0 aromatic carbocycles. The highest BCUT2D eigenvalue weighted by molar-refractivity contribution is 6.01. The molecule has 3 heteroatoms. The minimum Gasteiger partial charge on any atom is -0.466 e. The second-order valence-corrected chi connectivity index (χ2v) is 4.76. The molecule has 0 rings (SSSR count). The van der Waals surface area contributed by atoms with Gasteiger partial charge in [-0.15, -0.1) is 0 Å². The molecule has 0 heterocycles. The molecular weight excluding hydrogens is 216 g/mol. The van der Waals surface area contributed by atoms with Crippen molar-refractivity contribution in [3.05, 3.63) is 12.2 Å². The Morgan fingerprint density at radius 2 is 1.82 bits per heavy atom. The molecule has 0 fully saturated rings. The van der Waals surface area contributed by atoms with Crippen molar-refractivity contribution in [1.29, 1.82) is 0 Å². The van der Waals surface area contributed by atoms with Crippen LogP contribution in [0.3, 0.4) is 0 Å². The molecule has 0 saturated carbocycles. The zero-order valence-corrected chi connectivity index (χ0v) is 11.4. The molecule has 0 aliphatic rings. The normalized spacial score (nSPS) is 13.0. The van der Waals surface area contributed by atoms with Crippen molar-refractivity contribution >= 4 is 11.8 Å². The number of allylic oxidation sites excluding steroid dienone is 2. The largest absolute Gasteiger partial charge is 0.466 e. The summed E-state index contributed by atoms with van der Waals surface area (Å²) in [6.45, 7) is 8.49. The summed E-state index contributed by atoms with van der Waals surface area (Å²) < 4.78 is 4.70. The molecule has 0 saturated heterocycles. The third-order valence-electron chi connectivity index (χ3n) is 2.43. The molecule has 0 aliphatic carbocycles. The number of carbonyl (C=O) groups excluding carboxylic acids is 2. The van der Waals surface area contributed by atoms with E-state index in [1.165, 1.54) is 6.08 Å². The van der Waals surface area contributed by atoms with Gasteiger partial charge >= 0.3 is 5.97 Å². The summed E-state index contributed by atoms with van der Waals surface area (Å²) in [6, 6.07) is 0. The zero-order chi connectivity index (χ0) is 13.3. The van der Waals surface area contributed by atoms with E-state index < -0.39 is 5.97 Å². The van der Waals surface area contributed by atoms with Gasteiger partial charge < -0.3 is 4.74 Å². The summed E-state index contributed by atoms with van der Waals surface area (Å²) in [7, 11) is 0. The van der Waals surface area contributed by atoms with Crippen molar-refractivity contribution < 1.29 is 14.3 Å². The number of hydrogen-bond acceptors (Lipinski definition) is 3. The number of carbonyl (C=O) groups is 2. The van der Waals surface area contributed by atoms with Gasteiger partial charge in [-0.1, -0.05) is 33.3 Å². The van der Waals surface area contributed by atoms with Gasteiger partial charge in [-0.05, 0) is 31.3 Å². The lowest BCUT2D eigenvalue weighted by Gasteiger charge is -2.07. The number of rotatable bonds is 8. The molecule has 0 aromatic heterocycles. The average molecular weight is 240 g/mol. The summed E-state index contributed by atoms with van der Waals surface area (Å²) in [6.07, 6.45) is 5.45. The summed E-state index contributed by atoms with van der Waals surface area (Å²) in [5.74, 6) is 0.432. The van der Waals surface area contributed by atoms with Crippen LogP contribution in [-0.4, -0.2) is 18.4 Å². The molecule has 0 aromatic rings. The first kappa shape index (κ1) is 15.9. The Kier molecular flexibility index (Phi) is 8.38. The fourth-order valence-electron chi connectivity index (χ4n) is 1.38. The fourth-order valence-corrected chi connectivity index (χ4v) is 1.38. The summed E-state index contributed by atoms with van der Waals surface area (Å²) in [4.78, 5) is 22.4. The molecule has 0 N–H and O–H groups in total. The standard InChI is InChI=1S/C14H24O3/c1-5-17-14(16)10-13(15)9-8-12(4)7-6-11(2)3/h8-9,11-12H,5-7,10H2,1-4H3/b9-8+. The maximum atomic E-state index is 11.4. The Bertz CT molecular complexity index is 267. The van der Waals surface area contributed by atoms with E-state index in [-0.39, 0.29) is 12.2 Å². The molecule has 1 unspecified atom stereocenters. The second kappa shape index (κ2) is 8.97. The van der Waals surface area contributed by atoms with Crippen LogP contribution in [0.4, 0.5) is 0 Å². The highest BCUT2D eigenvalue weighted by Gasteiger charge is 2.07. The fraction of sp³-hybridized carbons (Fsp3) is 0.714. The van der Waals surface area contributed by atoms with E-state index in [0.717, 1.165) is 12.8 Å². The highest BCUT2D eigenvalue weighted by atomic mass is 16.5. The van der Waals surface area contributed by atoms with E-state index in [0.29, 0.717) is 18.4 Å². The first-order valence-electron chi connectivity index (χ1n) is 6.32. The molecule has 0 radical (unpaired) electrons. The average Bonchev–Trinajstić information content (AvgIpc) is 2.23. The van der Waals surface area contributed by atoms with Gasteiger partial charge in [-0.25, -0.2) is 0 Å². The molecule has 1 atom stereocenters. The van der Waals surface area contributed by atoms with E-state index >= 15 is 0 Å². The smallest absolute Gasteiger partial charge is 0.313 e. The van der Waals surface area contributed by atoms with Crippen LogP contribution in [0.25, 0.3) is 0 Å². The first-order valence-corrected chi connectivity index (χ1v) is 6.32. The Hall–Kier alpha value is -1.12. The van der Waals surface area contributed by atoms with Crippen molar-refractivity contribution in [2.75, 3.05) is 6.61 Å². The van der Waals surface area contributed by atoms with Gasteiger partial charge in [0.2, 0.25) is 0 Å². The third kappa shape index (κ3) is 9.79. The van der Waals surface area contributed by atoms with Crippen molar-refractivity contribution in [1.82, 2.24) is 0 Å². The van der Waals surface area contributed by atoms with Gasteiger partial charge in [0.1, 0.15) is 6.42 Å². The van der Waals surface area contributed by atoms with Crippen LogP contribution in [0, 0.1) is 11.8 Å². The lowest BCUT2D eigenvalue weighted by molar-refractivity contribution is -0.144. The number of esters is 1. The van der Waals surface area contributed by atoms with Gasteiger partial charge in [0.05, 0.1) is 6.61 Å². The maximum absolute atomic E-state index is 11.4. The number of hydrogen-bond donors (Lipinski definition) is 0. The quantitative estimate of drug-likeness (QED) is 0.372. The van der Waals surface area contributed by atoms with E-state index in [2.05, 4.69) is 20.8 Å². The maximum Gasteiger partial charge on any atom is 0.313 e. The Morgan fingerprint density at radius 1 is 1.18 bits per heavy atom. The lowest BCUT2D eigenvalue weighted by Crippen LogP contribution is -2.09. The van der Waals surface area contributed by atoms with Gasteiger partial charge in [0, 0.05) is 0 Å². The first-order chi connectivity index (χ1) is 7.95. The van der Waals surface area contributed by atoms with Crippen LogP contribution in [0.2, 0.25) is 0 Å².